The number of aliphatic hydroxyl groups is 1. The van der Waals surface area contributed by atoms with Crippen molar-refractivity contribution in [1.82, 2.24) is 4.90 Å². The molecule has 0 amide bonds. The van der Waals surface area contributed by atoms with Gasteiger partial charge in [-0.25, -0.2) is 0 Å². The van der Waals surface area contributed by atoms with Gasteiger partial charge in [0.2, 0.25) is 0 Å². The molecule has 1 aliphatic carbocycles. The lowest BCUT2D eigenvalue weighted by Crippen LogP contribution is -2.45. The molecular weight excluding hydrogens is 278 g/mol. The zero-order chi connectivity index (χ0) is 15.2. The Labute approximate surface area is 132 Å². The van der Waals surface area contributed by atoms with E-state index in [1.807, 2.05) is 0 Å². The van der Waals surface area contributed by atoms with Crippen LogP contribution in [0, 0.1) is 5.92 Å². The van der Waals surface area contributed by atoms with Crippen molar-refractivity contribution in [2.24, 2.45) is 5.92 Å². The lowest BCUT2D eigenvalue weighted by atomic mass is 9.92. The number of nitrogens with zero attached hydrogens (tertiary/aromatic N) is 1. The van der Waals surface area contributed by atoms with E-state index in [0.717, 1.165) is 51.0 Å². The van der Waals surface area contributed by atoms with Crippen molar-refractivity contribution in [2.75, 3.05) is 19.7 Å². The van der Waals surface area contributed by atoms with E-state index in [9.17, 15) is 5.11 Å². The quantitative estimate of drug-likeness (QED) is 0.847. The van der Waals surface area contributed by atoms with Crippen LogP contribution in [0.1, 0.15) is 32.1 Å². The SMILES string of the molecule is OCC1CCCN(C(CC2=CC=CCC2)C2=COC=CO2)C1. The van der Waals surface area contributed by atoms with Crippen LogP contribution in [0.5, 0.6) is 0 Å². The monoisotopic (exact) mass is 303 g/mol. The molecular formula is C18H25NO3. The van der Waals surface area contributed by atoms with Gasteiger partial charge in [-0.15, -0.1) is 0 Å². The van der Waals surface area contributed by atoms with Gasteiger partial charge in [-0.3, -0.25) is 4.90 Å². The summed E-state index contributed by atoms with van der Waals surface area (Å²) in [6.07, 6.45) is 16.9. The number of likely N-dealkylation sites (tertiary alicyclic amines) is 1. The summed E-state index contributed by atoms with van der Waals surface area (Å²) in [5.74, 6) is 1.24. The third-order valence-electron chi connectivity index (χ3n) is 4.66. The van der Waals surface area contributed by atoms with E-state index in [4.69, 9.17) is 9.47 Å². The van der Waals surface area contributed by atoms with E-state index in [0.29, 0.717) is 5.92 Å². The fourth-order valence-corrected chi connectivity index (χ4v) is 3.44. The molecule has 22 heavy (non-hydrogen) atoms. The third-order valence-corrected chi connectivity index (χ3v) is 4.66. The summed E-state index contributed by atoms with van der Waals surface area (Å²) in [5, 5.41) is 9.49. The summed E-state index contributed by atoms with van der Waals surface area (Å²) in [4.78, 5) is 2.44. The fourth-order valence-electron chi connectivity index (χ4n) is 3.44. The summed E-state index contributed by atoms with van der Waals surface area (Å²) < 4.78 is 11.0. The van der Waals surface area contributed by atoms with Crippen LogP contribution >= 0.6 is 0 Å². The molecule has 1 N–H and O–H groups in total. The van der Waals surface area contributed by atoms with Crippen LogP contribution in [0.25, 0.3) is 0 Å². The smallest absolute Gasteiger partial charge is 0.156 e. The zero-order valence-electron chi connectivity index (χ0n) is 13.0. The predicted molar refractivity (Wildman–Crippen MR) is 85.6 cm³/mol. The Balaban J connectivity index is 1.74. The van der Waals surface area contributed by atoms with E-state index in [1.165, 1.54) is 5.57 Å². The van der Waals surface area contributed by atoms with E-state index in [1.54, 1.807) is 18.8 Å². The van der Waals surface area contributed by atoms with Gasteiger partial charge < -0.3 is 14.6 Å². The topological polar surface area (TPSA) is 41.9 Å². The van der Waals surface area contributed by atoms with Crippen molar-refractivity contribution in [3.05, 3.63) is 48.3 Å². The molecule has 2 aliphatic heterocycles. The highest BCUT2D eigenvalue weighted by atomic mass is 16.5. The summed E-state index contributed by atoms with van der Waals surface area (Å²) in [6, 6.07) is 0.192. The Morgan fingerprint density at radius 3 is 3.05 bits per heavy atom. The summed E-state index contributed by atoms with van der Waals surface area (Å²) in [5.41, 5.74) is 1.46. The van der Waals surface area contributed by atoms with Crippen molar-refractivity contribution < 1.29 is 14.6 Å². The lowest BCUT2D eigenvalue weighted by Gasteiger charge is -2.38. The maximum Gasteiger partial charge on any atom is 0.156 e. The second kappa shape index (κ2) is 7.65. The molecule has 2 atom stereocenters. The number of allylic oxidation sites excluding steroid dienone is 3. The minimum atomic E-state index is 0.192. The second-order valence-corrected chi connectivity index (χ2v) is 6.24. The molecule has 3 aliphatic rings. The zero-order valence-corrected chi connectivity index (χ0v) is 13.0. The highest BCUT2D eigenvalue weighted by molar-refractivity contribution is 5.21. The van der Waals surface area contributed by atoms with E-state index >= 15 is 0 Å². The Morgan fingerprint density at radius 1 is 1.36 bits per heavy atom. The molecule has 2 unspecified atom stereocenters. The van der Waals surface area contributed by atoms with Crippen molar-refractivity contribution in [1.29, 1.82) is 0 Å². The molecule has 1 saturated heterocycles. The van der Waals surface area contributed by atoms with E-state index in [-0.39, 0.29) is 12.6 Å². The van der Waals surface area contributed by atoms with Crippen molar-refractivity contribution >= 4 is 0 Å². The molecule has 4 nitrogen and oxygen atoms in total. The van der Waals surface area contributed by atoms with Gasteiger partial charge in [0.1, 0.15) is 18.8 Å². The van der Waals surface area contributed by atoms with Gasteiger partial charge in [-0.2, -0.15) is 0 Å². The Bertz CT molecular complexity index is 493. The van der Waals surface area contributed by atoms with Crippen LogP contribution in [-0.2, 0) is 9.47 Å². The first kappa shape index (κ1) is 15.4. The molecule has 0 aromatic rings. The van der Waals surface area contributed by atoms with Crippen LogP contribution in [0.3, 0.4) is 0 Å². The van der Waals surface area contributed by atoms with Crippen LogP contribution in [-0.4, -0.2) is 35.7 Å². The molecule has 0 bridgehead atoms. The molecule has 3 rings (SSSR count). The largest absolute Gasteiger partial charge is 0.466 e. The van der Waals surface area contributed by atoms with Crippen LogP contribution < -0.4 is 0 Å². The van der Waals surface area contributed by atoms with Gasteiger partial charge in [0.05, 0.1) is 6.04 Å². The van der Waals surface area contributed by atoms with Crippen LogP contribution in [0.15, 0.2) is 48.3 Å². The van der Waals surface area contributed by atoms with Gasteiger partial charge in [0.25, 0.3) is 0 Å². The molecule has 1 fully saturated rings. The Hall–Kier alpha value is -1.52. The lowest BCUT2D eigenvalue weighted by molar-refractivity contribution is 0.0749. The molecule has 4 heteroatoms. The number of hydrogen-bond acceptors (Lipinski definition) is 4. The standard InChI is InChI=1S/C18H25NO3/c20-13-16-7-4-8-19(12-16)17(18-14-21-9-10-22-18)11-15-5-2-1-3-6-15/h1-2,5,9-10,14,16-17,20H,3-4,6-8,11-13H2. The summed E-state index contributed by atoms with van der Waals surface area (Å²) in [6.45, 7) is 2.24. The normalized spacial score (nSPS) is 26.7. The van der Waals surface area contributed by atoms with Gasteiger partial charge in [0.15, 0.2) is 5.76 Å². The maximum absolute atomic E-state index is 9.49. The number of hydrogen-bond donors (Lipinski definition) is 1. The molecule has 2 heterocycles. The number of piperidine rings is 1. The van der Waals surface area contributed by atoms with Crippen molar-refractivity contribution in [3.63, 3.8) is 0 Å². The molecule has 0 saturated carbocycles. The van der Waals surface area contributed by atoms with Crippen LogP contribution in [0.2, 0.25) is 0 Å². The van der Waals surface area contributed by atoms with Gasteiger partial charge in [0, 0.05) is 13.2 Å². The average molecular weight is 303 g/mol. The fraction of sp³-hybridized carbons (Fsp3) is 0.556. The highest BCUT2D eigenvalue weighted by Crippen LogP contribution is 2.29. The van der Waals surface area contributed by atoms with E-state index < -0.39 is 0 Å². The first-order chi connectivity index (χ1) is 10.9. The molecule has 0 radical (unpaired) electrons. The summed E-state index contributed by atoms with van der Waals surface area (Å²) in [7, 11) is 0. The highest BCUT2D eigenvalue weighted by Gasteiger charge is 2.30. The molecule has 0 aromatic carbocycles. The average Bonchev–Trinajstić information content (AvgIpc) is 2.61. The van der Waals surface area contributed by atoms with Gasteiger partial charge in [-0.1, -0.05) is 23.8 Å². The minimum absolute atomic E-state index is 0.192. The number of rotatable bonds is 5. The predicted octanol–water partition coefficient (Wildman–Crippen LogP) is 3.09. The summed E-state index contributed by atoms with van der Waals surface area (Å²) >= 11 is 0. The first-order valence-electron chi connectivity index (χ1n) is 8.23. The molecule has 120 valence electrons. The van der Waals surface area contributed by atoms with Gasteiger partial charge >= 0.3 is 0 Å². The second-order valence-electron chi connectivity index (χ2n) is 6.24. The van der Waals surface area contributed by atoms with Crippen molar-refractivity contribution in [2.45, 2.75) is 38.1 Å². The van der Waals surface area contributed by atoms with E-state index in [2.05, 4.69) is 23.1 Å². The van der Waals surface area contributed by atoms with Crippen LogP contribution in [0.4, 0.5) is 0 Å². The van der Waals surface area contributed by atoms with Crippen molar-refractivity contribution in [3.8, 4) is 0 Å². The number of aliphatic hydroxyl groups excluding tert-OH is 1. The maximum atomic E-state index is 9.49. The minimum Gasteiger partial charge on any atom is -0.466 e. The molecule has 0 aromatic heterocycles. The number of ether oxygens (including phenoxy) is 2. The Morgan fingerprint density at radius 2 is 2.32 bits per heavy atom. The first-order valence-corrected chi connectivity index (χ1v) is 8.23. The Kier molecular flexibility index (Phi) is 5.35. The molecule has 0 spiro atoms. The third kappa shape index (κ3) is 3.81. The van der Waals surface area contributed by atoms with Gasteiger partial charge in [-0.05, 0) is 44.6 Å².